The summed E-state index contributed by atoms with van der Waals surface area (Å²) in [6, 6.07) is 5.85. The molecule has 0 bridgehead atoms. The Kier molecular flexibility index (Phi) is 3.32. The van der Waals surface area contributed by atoms with Crippen LogP contribution < -0.4 is 15.8 Å². The molecule has 0 saturated heterocycles. The molecule has 18 heavy (non-hydrogen) atoms. The van der Waals surface area contributed by atoms with E-state index in [0.717, 1.165) is 5.56 Å². The number of ether oxygens (including phenoxy) is 1. The van der Waals surface area contributed by atoms with E-state index in [1.165, 1.54) is 11.9 Å². The van der Waals surface area contributed by atoms with E-state index in [0.29, 0.717) is 23.1 Å². The lowest BCUT2D eigenvalue weighted by Crippen LogP contribution is -2.02. The second kappa shape index (κ2) is 4.91. The predicted octanol–water partition coefficient (Wildman–Crippen LogP) is 2.51. The number of hydrogen-bond acceptors (Lipinski definition) is 5. The third-order valence-corrected chi connectivity index (χ3v) is 2.78. The van der Waals surface area contributed by atoms with Gasteiger partial charge in [0.15, 0.2) is 5.82 Å². The van der Waals surface area contributed by atoms with Crippen molar-refractivity contribution >= 4 is 11.5 Å². The van der Waals surface area contributed by atoms with Crippen LogP contribution in [0.1, 0.15) is 11.1 Å². The summed E-state index contributed by atoms with van der Waals surface area (Å²) in [5, 5.41) is 2.89. The number of nitrogens with two attached hydrogens (primary N) is 1. The van der Waals surface area contributed by atoms with Gasteiger partial charge in [0.25, 0.3) is 0 Å². The van der Waals surface area contributed by atoms with Crippen molar-refractivity contribution in [2.75, 3.05) is 18.1 Å². The molecule has 0 fully saturated rings. The number of rotatable bonds is 3. The minimum Gasteiger partial charge on any atom is -0.437 e. The molecule has 2 rings (SSSR count). The Hall–Kier alpha value is -2.30. The highest BCUT2D eigenvalue weighted by molar-refractivity contribution is 5.66. The standard InChI is InChI=1S/C13H16N4O/c1-8-4-5-10(6-9(8)2)18-13-11(14)12(15-3)16-7-17-13/h4-7H,14H2,1-3H3,(H,15,16,17). The predicted molar refractivity (Wildman–Crippen MR) is 72.0 cm³/mol. The van der Waals surface area contributed by atoms with Gasteiger partial charge in [-0.15, -0.1) is 0 Å². The van der Waals surface area contributed by atoms with Gasteiger partial charge < -0.3 is 15.8 Å². The maximum Gasteiger partial charge on any atom is 0.248 e. The van der Waals surface area contributed by atoms with Crippen molar-refractivity contribution in [3.8, 4) is 11.6 Å². The van der Waals surface area contributed by atoms with Crippen molar-refractivity contribution in [1.29, 1.82) is 0 Å². The van der Waals surface area contributed by atoms with Gasteiger partial charge in [-0.3, -0.25) is 0 Å². The molecule has 1 heterocycles. The highest BCUT2D eigenvalue weighted by Gasteiger charge is 2.09. The van der Waals surface area contributed by atoms with E-state index in [1.54, 1.807) is 7.05 Å². The minimum absolute atomic E-state index is 0.359. The summed E-state index contributed by atoms with van der Waals surface area (Å²) in [6.45, 7) is 4.09. The van der Waals surface area contributed by atoms with Gasteiger partial charge in [0.05, 0.1) is 0 Å². The van der Waals surface area contributed by atoms with Crippen LogP contribution in [-0.4, -0.2) is 17.0 Å². The quantitative estimate of drug-likeness (QED) is 0.867. The fourth-order valence-corrected chi connectivity index (χ4v) is 1.55. The lowest BCUT2D eigenvalue weighted by Gasteiger charge is -2.10. The van der Waals surface area contributed by atoms with E-state index in [2.05, 4.69) is 22.2 Å². The number of aryl methyl sites for hydroxylation is 2. The zero-order valence-electron chi connectivity index (χ0n) is 10.7. The smallest absolute Gasteiger partial charge is 0.248 e. The van der Waals surface area contributed by atoms with Crippen LogP contribution in [0.5, 0.6) is 11.6 Å². The molecule has 0 amide bonds. The number of anilines is 2. The third kappa shape index (κ3) is 2.34. The number of nitrogens with one attached hydrogen (secondary N) is 1. The zero-order chi connectivity index (χ0) is 13.1. The molecule has 0 aliphatic rings. The van der Waals surface area contributed by atoms with Gasteiger partial charge in [-0.2, -0.15) is 4.98 Å². The highest BCUT2D eigenvalue weighted by atomic mass is 16.5. The summed E-state index contributed by atoms with van der Waals surface area (Å²) >= 11 is 0. The SMILES string of the molecule is CNc1ncnc(Oc2ccc(C)c(C)c2)c1N. The van der Waals surface area contributed by atoms with E-state index in [-0.39, 0.29) is 0 Å². The Balaban J connectivity index is 2.31. The Morgan fingerprint density at radius 2 is 1.94 bits per heavy atom. The third-order valence-electron chi connectivity index (χ3n) is 2.78. The monoisotopic (exact) mass is 244 g/mol. The molecule has 0 unspecified atom stereocenters. The van der Waals surface area contributed by atoms with Crippen LogP contribution in [0.4, 0.5) is 11.5 Å². The summed E-state index contributed by atoms with van der Waals surface area (Å²) in [6.07, 6.45) is 1.42. The second-order valence-corrected chi connectivity index (χ2v) is 4.04. The average molecular weight is 244 g/mol. The van der Waals surface area contributed by atoms with Crippen LogP contribution in [0.2, 0.25) is 0 Å². The summed E-state index contributed by atoms with van der Waals surface area (Å²) in [5.41, 5.74) is 8.68. The number of hydrogen-bond donors (Lipinski definition) is 2. The summed E-state index contributed by atoms with van der Waals surface area (Å²) in [4.78, 5) is 8.04. The van der Waals surface area contributed by atoms with Crippen molar-refractivity contribution in [3.63, 3.8) is 0 Å². The van der Waals surface area contributed by atoms with Gasteiger partial charge >= 0.3 is 0 Å². The van der Waals surface area contributed by atoms with Crippen molar-refractivity contribution < 1.29 is 4.74 Å². The van der Waals surface area contributed by atoms with Crippen LogP contribution in [0, 0.1) is 13.8 Å². The maximum absolute atomic E-state index is 5.90. The molecular weight excluding hydrogens is 228 g/mol. The van der Waals surface area contributed by atoms with E-state index in [1.807, 2.05) is 25.1 Å². The number of nitrogen functional groups attached to an aromatic ring is 1. The first-order valence-corrected chi connectivity index (χ1v) is 5.65. The van der Waals surface area contributed by atoms with Crippen molar-refractivity contribution in [2.45, 2.75) is 13.8 Å². The van der Waals surface area contributed by atoms with E-state index < -0.39 is 0 Å². The van der Waals surface area contributed by atoms with Crippen LogP contribution >= 0.6 is 0 Å². The molecule has 5 heteroatoms. The van der Waals surface area contributed by atoms with Gasteiger partial charge in [0, 0.05) is 7.05 Å². The number of nitrogens with zero attached hydrogens (tertiary/aromatic N) is 2. The molecule has 0 saturated carbocycles. The first-order valence-electron chi connectivity index (χ1n) is 5.65. The van der Waals surface area contributed by atoms with Gasteiger partial charge in [0.2, 0.25) is 5.88 Å². The number of benzene rings is 1. The second-order valence-electron chi connectivity index (χ2n) is 4.04. The Bertz CT molecular complexity index is 569. The van der Waals surface area contributed by atoms with E-state index >= 15 is 0 Å². The minimum atomic E-state index is 0.359. The van der Waals surface area contributed by atoms with E-state index in [4.69, 9.17) is 10.5 Å². The van der Waals surface area contributed by atoms with Gasteiger partial charge in [-0.1, -0.05) is 6.07 Å². The van der Waals surface area contributed by atoms with Gasteiger partial charge in [-0.25, -0.2) is 4.98 Å². The van der Waals surface area contributed by atoms with Crippen LogP contribution in [0.3, 0.4) is 0 Å². The summed E-state index contributed by atoms with van der Waals surface area (Å²) in [7, 11) is 1.75. The normalized spacial score (nSPS) is 10.2. The molecule has 5 nitrogen and oxygen atoms in total. The molecule has 0 atom stereocenters. The molecule has 3 N–H and O–H groups in total. The van der Waals surface area contributed by atoms with Crippen molar-refractivity contribution in [3.05, 3.63) is 35.7 Å². The Labute approximate surface area is 106 Å². The topological polar surface area (TPSA) is 73.1 Å². The summed E-state index contributed by atoms with van der Waals surface area (Å²) in [5.74, 6) is 1.63. The van der Waals surface area contributed by atoms with Crippen LogP contribution in [0.25, 0.3) is 0 Å². The zero-order valence-corrected chi connectivity index (χ0v) is 10.7. The first-order chi connectivity index (χ1) is 8.61. The molecule has 1 aromatic heterocycles. The van der Waals surface area contributed by atoms with Crippen molar-refractivity contribution in [1.82, 2.24) is 9.97 Å². The molecule has 0 aliphatic carbocycles. The molecule has 0 radical (unpaired) electrons. The van der Waals surface area contributed by atoms with E-state index in [9.17, 15) is 0 Å². The molecule has 1 aromatic carbocycles. The fraction of sp³-hybridized carbons (Fsp3) is 0.231. The van der Waals surface area contributed by atoms with Crippen molar-refractivity contribution in [2.24, 2.45) is 0 Å². The Morgan fingerprint density at radius 3 is 2.61 bits per heavy atom. The van der Waals surface area contributed by atoms with Crippen LogP contribution in [0.15, 0.2) is 24.5 Å². The summed E-state index contributed by atoms with van der Waals surface area (Å²) < 4.78 is 5.67. The fourth-order valence-electron chi connectivity index (χ4n) is 1.55. The lowest BCUT2D eigenvalue weighted by atomic mass is 10.1. The van der Waals surface area contributed by atoms with Crippen LogP contribution in [-0.2, 0) is 0 Å². The van der Waals surface area contributed by atoms with Gasteiger partial charge in [-0.05, 0) is 37.1 Å². The first kappa shape index (κ1) is 12.2. The highest BCUT2D eigenvalue weighted by Crippen LogP contribution is 2.29. The van der Waals surface area contributed by atoms with Gasteiger partial charge in [0.1, 0.15) is 17.8 Å². The molecule has 0 spiro atoms. The molecule has 0 aliphatic heterocycles. The number of aromatic nitrogens is 2. The molecular formula is C13H16N4O. The Morgan fingerprint density at radius 1 is 1.17 bits per heavy atom. The maximum atomic E-state index is 5.90. The molecule has 2 aromatic rings. The lowest BCUT2D eigenvalue weighted by molar-refractivity contribution is 0.464. The molecule has 94 valence electrons. The average Bonchev–Trinajstić information content (AvgIpc) is 2.36. The largest absolute Gasteiger partial charge is 0.437 e.